The fourth-order valence-electron chi connectivity index (χ4n) is 7.16. The summed E-state index contributed by atoms with van der Waals surface area (Å²) in [5.41, 5.74) is -3.60. The molecule has 1 amide bonds. The molecule has 1 unspecified atom stereocenters. The molecule has 0 bridgehead atoms. The van der Waals surface area contributed by atoms with Crippen LogP contribution in [0.1, 0.15) is 105 Å². The van der Waals surface area contributed by atoms with Crippen molar-refractivity contribution in [3.8, 4) is 6.07 Å². The smallest absolute Gasteiger partial charge is 0.419 e. The van der Waals surface area contributed by atoms with Gasteiger partial charge in [0.2, 0.25) is 0 Å². The SMILES string of the molecule is C[C@@H]1CC(OCCC2CCC(N3C(=S)N(c4cnc(C#N)c(C(F)(F)F)c4)C(=O)C3(C)C)CC2)C[C@H](C)N1CC(=O)OC(C)(C)C. The monoisotopic (exact) mass is 665 g/mol. The van der Waals surface area contributed by atoms with Crippen molar-refractivity contribution < 1.29 is 32.2 Å². The van der Waals surface area contributed by atoms with E-state index < -0.39 is 34.5 Å². The van der Waals surface area contributed by atoms with Crippen molar-refractivity contribution in [3.05, 3.63) is 23.5 Å². The van der Waals surface area contributed by atoms with Crippen LogP contribution in [0.5, 0.6) is 0 Å². The van der Waals surface area contributed by atoms with Gasteiger partial charge < -0.3 is 14.4 Å². The maximum absolute atomic E-state index is 13.6. The van der Waals surface area contributed by atoms with E-state index in [0.717, 1.165) is 62.1 Å². The molecule has 4 rings (SSSR count). The van der Waals surface area contributed by atoms with Gasteiger partial charge in [0.25, 0.3) is 5.91 Å². The Labute approximate surface area is 275 Å². The van der Waals surface area contributed by atoms with Gasteiger partial charge in [-0.1, -0.05) is 0 Å². The Morgan fingerprint density at radius 3 is 2.28 bits per heavy atom. The number of nitrogens with zero attached hydrogens (tertiary/aromatic N) is 5. The van der Waals surface area contributed by atoms with Crippen LogP contribution in [-0.2, 0) is 25.2 Å². The number of aromatic nitrogens is 1. The molecule has 254 valence electrons. The van der Waals surface area contributed by atoms with E-state index in [9.17, 15) is 22.8 Å². The number of halogens is 3. The molecule has 0 N–H and O–H groups in total. The van der Waals surface area contributed by atoms with Crippen LogP contribution in [0.4, 0.5) is 18.9 Å². The van der Waals surface area contributed by atoms with Crippen LogP contribution in [0.25, 0.3) is 0 Å². The minimum absolute atomic E-state index is 0.0296. The highest BCUT2D eigenvalue weighted by molar-refractivity contribution is 7.80. The van der Waals surface area contributed by atoms with E-state index in [-0.39, 0.29) is 47.5 Å². The first-order valence-electron chi connectivity index (χ1n) is 16.1. The molecule has 2 saturated heterocycles. The molecular formula is C33H46F3N5O4S. The molecule has 1 aromatic heterocycles. The number of piperidine rings is 1. The number of thiocarbonyl (C=S) groups is 1. The van der Waals surface area contributed by atoms with Crippen molar-refractivity contribution in [2.75, 3.05) is 18.1 Å². The van der Waals surface area contributed by atoms with Crippen LogP contribution in [-0.4, -0.2) is 80.3 Å². The van der Waals surface area contributed by atoms with Gasteiger partial charge in [0.1, 0.15) is 17.2 Å². The van der Waals surface area contributed by atoms with Gasteiger partial charge >= 0.3 is 12.1 Å². The molecule has 3 atom stereocenters. The van der Waals surface area contributed by atoms with Crippen molar-refractivity contribution in [1.29, 1.82) is 5.26 Å². The lowest BCUT2D eigenvalue weighted by molar-refractivity contribution is -0.159. The molecule has 1 saturated carbocycles. The van der Waals surface area contributed by atoms with Crippen LogP contribution in [0.2, 0.25) is 0 Å². The number of likely N-dealkylation sites (tertiary alicyclic amines) is 1. The number of esters is 1. The number of anilines is 1. The summed E-state index contributed by atoms with van der Waals surface area (Å²) in [6.45, 7) is 14.3. The standard InChI is InChI=1S/C33H46F3N5O4S/c1-20-14-25(15-21(2)39(20)19-28(42)45-31(3,4)5)44-13-12-22-8-10-23(11-9-22)41-30(46)40(29(43)32(41,6)7)24-16-26(33(34,35)36)27(17-37)38-18-24/h16,18,20-23,25H,8-15,19H2,1-7H3/t20-,21+,22?,23?,25?. The third kappa shape index (κ3) is 8.00. The second kappa shape index (κ2) is 13.7. The van der Waals surface area contributed by atoms with E-state index in [0.29, 0.717) is 12.5 Å². The van der Waals surface area contributed by atoms with Crippen molar-refractivity contribution >= 4 is 34.9 Å². The topological polar surface area (TPSA) is 99.0 Å². The van der Waals surface area contributed by atoms with Crippen molar-refractivity contribution in [3.63, 3.8) is 0 Å². The van der Waals surface area contributed by atoms with Crippen LogP contribution >= 0.6 is 12.2 Å². The fourth-order valence-corrected chi connectivity index (χ4v) is 7.72. The molecule has 1 aromatic rings. The molecule has 0 aromatic carbocycles. The minimum atomic E-state index is -4.80. The lowest BCUT2D eigenvalue weighted by Gasteiger charge is -2.42. The Kier molecular flexibility index (Phi) is 10.8. The average molecular weight is 666 g/mol. The Hall–Kier alpha value is -2.82. The van der Waals surface area contributed by atoms with E-state index in [1.165, 1.54) is 6.07 Å². The predicted octanol–water partition coefficient (Wildman–Crippen LogP) is 6.23. The van der Waals surface area contributed by atoms with Gasteiger partial charge in [0.05, 0.1) is 30.1 Å². The molecule has 3 fully saturated rings. The normalized spacial score (nSPS) is 27.5. The quantitative estimate of drug-likeness (QED) is 0.236. The Bertz CT molecular complexity index is 1340. The summed E-state index contributed by atoms with van der Waals surface area (Å²) < 4.78 is 52.7. The third-order valence-electron chi connectivity index (χ3n) is 9.40. The third-order valence-corrected chi connectivity index (χ3v) is 9.78. The number of nitriles is 1. The van der Waals surface area contributed by atoms with Crippen molar-refractivity contribution in [2.24, 2.45) is 5.92 Å². The average Bonchev–Trinajstić information content (AvgIpc) is 3.12. The summed E-state index contributed by atoms with van der Waals surface area (Å²) in [7, 11) is 0. The van der Waals surface area contributed by atoms with Crippen molar-refractivity contribution in [1.82, 2.24) is 14.8 Å². The Balaban J connectivity index is 1.29. The van der Waals surface area contributed by atoms with Gasteiger partial charge in [-0.25, -0.2) is 4.98 Å². The number of ether oxygens (including phenoxy) is 2. The summed E-state index contributed by atoms with van der Waals surface area (Å²) in [4.78, 5) is 34.8. The number of rotatable bonds is 8. The maximum atomic E-state index is 13.6. The number of hydrogen-bond donors (Lipinski definition) is 0. The van der Waals surface area contributed by atoms with Gasteiger partial charge in [-0.2, -0.15) is 18.4 Å². The second-order valence-electron chi connectivity index (χ2n) is 14.4. The minimum Gasteiger partial charge on any atom is -0.459 e. The molecule has 3 heterocycles. The molecule has 1 aliphatic carbocycles. The van der Waals surface area contributed by atoms with Gasteiger partial charge in [-0.3, -0.25) is 19.4 Å². The zero-order valence-electron chi connectivity index (χ0n) is 27.8. The van der Waals surface area contributed by atoms with E-state index in [1.807, 2.05) is 25.7 Å². The van der Waals surface area contributed by atoms with E-state index in [2.05, 4.69) is 23.7 Å². The highest BCUT2D eigenvalue weighted by atomic mass is 32.1. The van der Waals surface area contributed by atoms with E-state index in [4.69, 9.17) is 27.0 Å². The molecular weight excluding hydrogens is 619 g/mol. The zero-order chi connectivity index (χ0) is 34.2. The summed E-state index contributed by atoms with van der Waals surface area (Å²) in [5.74, 6) is -0.173. The van der Waals surface area contributed by atoms with Gasteiger partial charge in [-0.05, 0) is 118 Å². The molecule has 3 aliphatic rings. The lowest BCUT2D eigenvalue weighted by atomic mass is 9.82. The summed E-state index contributed by atoms with van der Waals surface area (Å²) in [6, 6.07) is 2.62. The van der Waals surface area contributed by atoms with Crippen LogP contribution in [0, 0.1) is 17.2 Å². The number of carbonyl (C=O) groups is 2. The molecule has 2 aliphatic heterocycles. The van der Waals surface area contributed by atoms with Gasteiger partial charge in [0.15, 0.2) is 10.8 Å². The largest absolute Gasteiger partial charge is 0.459 e. The van der Waals surface area contributed by atoms with Gasteiger partial charge in [0, 0.05) is 24.7 Å². The Morgan fingerprint density at radius 2 is 1.74 bits per heavy atom. The predicted molar refractivity (Wildman–Crippen MR) is 171 cm³/mol. The molecule has 0 radical (unpaired) electrons. The summed E-state index contributed by atoms with van der Waals surface area (Å²) in [6.07, 6.45) is 2.50. The fraction of sp³-hybridized carbons (Fsp3) is 0.727. The number of pyridine rings is 1. The first-order valence-corrected chi connectivity index (χ1v) is 16.5. The number of amides is 1. The van der Waals surface area contributed by atoms with Crippen LogP contribution < -0.4 is 4.90 Å². The highest BCUT2D eigenvalue weighted by Gasteiger charge is 2.52. The molecule has 0 spiro atoms. The van der Waals surface area contributed by atoms with Gasteiger partial charge in [-0.15, -0.1) is 0 Å². The van der Waals surface area contributed by atoms with Crippen LogP contribution in [0.15, 0.2) is 12.3 Å². The summed E-state index contributed by atoms with van der Waals surface area (Å²) in [5, 5.41) is 9.27. The molecule has 9 nitrogen and oxygen atoms in total. The molecule has 46 heavy (non-hydrogen) atoms. The number of hydrogen-bond acceptors (Lipinski definition) is 8. The number of carbonyl (C=O) groups excluding carboxylic acids is 2. The molecule has 13 heteroatoms. The van der Waals surface area contributed by atoms with E-state index >= 15 is 0 Å². The van der Waals surface area contributed by atoms with Crippen molar-refractivity contribution in [2.45, 2.75) is 135 Å². The highest BCUT2D eigenvalue weighted by Crippen LogP contribution is 2.41. The second-order valence-corrected chi connectivity index (χ2v) is 14.8. The Morgan fingerprint density at radius 1 is 1.13 bits per heavy atom. The zero-order valence-corrected chi connectivity index (χ0v) is 28.6. The first-order chi connectivity index (χ1) is 21.3. The van der Waals surface area contributed by atoms with E-state index in [1.54, 1.807) is 13.8 Å². The first kappa shape index (κ1) is 36.0. The number of alkyl halides is 3. The summed E-state index contributed by atoms with van der Waals surface area (Å²) >= 11 is 5.70. The lowest BCUT2D eigenvalue weighted by Crippen LogP contribution is -2.51. The maximum Gasteiger partial charge on any atom is 0.419 e. The van der Waals surface area contributed by atoms with Crippen LogP contribution in [0.3, 0.4) is 0 Å².